The first-order chi connectivity index (χ1) is 10.2. The van der Waals surface area contributed by atoms with Crippen molar-refractivity contribution in [1.29, 1.82) is 0 Å². The van der Waals surface area contributed by atoms with Gasteiger partial charge in [-0.05, 0) is 48.1 Å². The lowest BCUT2D eigenvalue weighted by Gasteiger charge is -2.16. The van der Waals surface area contributed by atoms with Crippen LogP contribution in [0.25, 0.3) is 10.1 Å². The van der Waals surface area contributed by atoms with Gasteiger partial charge in [0, 0.05) is 27.4 Å². The van der Waals surface area contributed by atoms with Crippen LogP contribution in [-0.4, -0.2) is 10.1 Å². The first-order valence-corrected chi connectivity index (χ1v) is 7.85. The number of halogens is 1. The van der Waals surface area contributed by atoms with E-state index in [2.05, 4.69) is 11.1 Å². The summed E-state index contributed by atoms with van der Waals surface area (Å²) in [6, 6.07) is 10.7. The summed E-state index contributed by atoms with van der Waals surface area (Å²) >= 11 is 1.46. The Morgan fingerprint density at radius 3 is 3.10 bits per heavy atom. The van der Waals surface area contributed by atoms with E-state index in [9.17, 15) is 9.50 Å². The highest BCUT2D eigenvalue weighted by molar-refractivity contribution is 7.19. The van der Waals surface area contributed by atoms with Gasteiger partial charge in [0.05, 0.1) is 6.10 Å². The molecule has 0 amide bonds. The predicted molar refractivity (Wildman–Crippen MR) is 82.0 cm³/mol. The molecular weight excluding hydrogens is 285 g/mol. The van der Waals surface area contributed by atoms with E-state index < -0.39 is 6.10 Å². The molecule has 0 spiro atoms. The molecule has 1 N–H and O–H groups in total. The molecule has 0 saturated carbocycles. The number of hydrogen-bond acceptors (Lipinski definition) is 3. The van der Waals surface area contributed by atoms with Crippen molar-refractivity contribution in [1.82, 2.24) is 4.98 Å². The van der Waals surface area contributed by atoms with Crippen molar-refractivity contribution in [3.05, 3.63) is 64.5 Å². The summed E-state index contributed by atoms with van der Waals surface area (Å²) in [7, 11) is 0. The highest BCUT2D eigenvalue weighted by Gasteiger charge is 2.31. The van der Waals surface area contributed by atoms with E-state index >= 15 is 0 Å². The number of fused-ring (bicyclic) bond motifs is 2. The van der Waals surface area contributed by atoms with E-state index in [1.165, 1.54) is 29.0 Å². The lowest BCUT2D eigenvalue weighted by atomic mass is 9.98. The van der Waals surface area contributed by atoms with Crippen LogP contribution in [0.15, 0.2) is 42.6 Å². The Hall–Kier alpha value is -1.78. The predicted octanol–water partition coefficient (Wildman–Crippen LogP) is 4.20. The van der Waals surface area contributed by atoms with Crippen molar-refractivity contribution in [2.24, 2.45) is 0 Å². The second kappa shape index (κ2) is 4.90. The summed E-state index contributed by atoms with van der Waals surface area (Å²) in [5.74, 6) is -0.197. The number of rotatable bonds is 2. The molecule has 3 aromatic rings. The Morgan fingerprint density at radius 1 is 1.29 bits per heavy atom. The fraction of sp³-hybridized carbons (Fsp3) is 0.235. The highest BCUT2D eigenvalue weighted by atomic mass is 32.1. The number of aliphatic hydroxyl groups excluding tert-OH is 1. The van der Waals surface area contributed by atoms with Crippen molar-refractivity contribution in [3.63, 3.8) is 0 Å². The second-order valence-corrected chi connectivity index (χ2v) is 6.58. The van der Waals surface area contributed by atoms with Crippen molar-refractivity contribution >= 4 is 21.4 Å². The fourth-order valence-corrected chi connectivity index (χ4v) is 4.26. The molecule has 1 aliphatic rings. The molecule has 2 heterocycles. The zero-order chi connectivity index (χ0) is 14.4. The number of hydrogen-bond donors (Lipinski definition) is 1. The minimum Gasteiger partial charge on any atom is -0.387 e. The van der Waals surface area contributed by atoms with E-state index in [0.29, 0.717) is 0 Å². The van der Waals surface area contributed by atoms with Crippen LogP contribution in [0.3, 0.4) is 0 Å². The molecule has 21 heavy (non-hydrogen) atoms. The molecule has 0 aliphatic heterocycles. The zero-order valence-electron chi connectivity index (χ0n) is 11.3. The molecular formula is C17H14FNOS. The van der Waals surface area contributed by atoms with E-state index in [-0.39, 0.29) is 11.7 Å². The average molecular weight is 299 g/mol. The monoisotopic (exact) mass is 299 g/mol. The maximum absolute atomic E-state index is 13.3. The number of benzene rings is 1. The molecule has 2 aromatic heterocycles. The molecule has 1 aliphatic carbocycles. The Bertz CT molecular complexity index is 813. The van der Waals surface area contributed by atoms with Crippen LogP contribution in [-0.2, 0) is 6.42 Å². The second-order valence-electron chi connectivity index (χ2n) is 5.47. The van der Waals surface area contributed by atoms with Crippen molar-refractivity contribution < 1.29 is 9.50 Å². The highest BCUT2D eigenvalue weighted by Crippen LogP contribution is 2.43. The van der Waals surface area contributed by atoms with Gasteiger partial charge in [-0.15, -0.1) is 11.3 Å². The summed E-state index contributed by atoms with van der Waals surface area (Å²) < 4.78 is 14.2. The van der Waals surface area contributed by atoms with Gasteiger partial charge in [0.2, 0.25) is 0 Å². The van der Waals surface area contributed by atoms with E-state index in [0.717, 1.165) is 33.5 Å². The Balaban J connectivity index is 1.72. The number of thiophene rings is 1. The molecule has 0 bridgehead atoms. The zero-order valence-corrected chi connectivity index (χ0v) is 12.1. The molecule has 106 valence electrons. The van der Waals surface area contributed by atoms with Gasteiger partial charge in [0.15, 0.2) is 0 Å². The number of aliphatic hydroxyl groups is 1. The van der Waals surface area contributed by atoms with Crippen molar-refractivity contribution in [3.8, 4) is 0 Å². The average Bonchev–Trinajstić information content (AvgIpc) is 3.09. The summed E-state index contributed by atoms with van der Waals surface area (Å²) in [5.41, 5.74) is 2.24. The van der Waals surface area contributed by atoms with Crippen LogP contribution in [0.4, 0.5) is 4.39 Å². The van der Waals surface area contributed by atoms with Crippen LogP contribution in [0.2, 0.25) is 0 Å². The Kier molecular flexibility index (Phi) is 3.01. The van der Waals surface area contributed by atoms with E-state index in [1.807, 2.05) is 12.1 Å². The molecule has 0 fully saturated rings. The fourth-order valence-electron chi connectivity index (χ4n) is 3.12. The minimum atomic E-state index is -0.568. The number of nitrogens with zero attached hydrogens (tertiary/aromatic N) is 1. The van der Waals surface area contributed by atoms with Gasteiger partial charge in [0.1, 0.15) is 5.82 Å². The summed E-state index contributed by atoms with van der Waals surface area (Å²) in [6.07, 6.45) is 3.09. The van der Waals surface area contributed by atoms with Crippen LogP contribution < -0.4 is 0 Å². The normalized spacial score (nSPS) is 18.9. The topological polar surface area (TPSA) is 33.1 Å². The molecule has 0 saturated heterocycles. The minimum absolute atomic E-state index is 0.0408. The van der Waals surface area contributed by atoms with Crippen LogP contribution in [0, 0.1) is 5.82 Å². The molecule has 0 radical (unpaired) electrons. The lowest BCUT2D eigenvalue weighted by molar-refractivity contribution is 0.147. The SMILES string of the molecule is OC(c1cc2ccc(F)cc2s1)C1CCc2cccnc21. The Morgan fingerprint density at radius 2 is 2.19 bits per heavy atom. The van der Waals surface area contributed by atoms with Gasteiger partial charge in [0.25, 0.3) is 0 Å². The summed E-state index contributed by atoms with van der Waals surface area (Å²) in [5, 5.41) is 11.7. The number of aromatic nitrogens is 1. The van der Waals surface area contributed by atoms with Gasteiger partial charge in [-0.2, -0.15) is 0 Å². The van der Waals surface area contributed by atoms with Gasteiger partial charge in [-0.25, -0.2) is 4.39 Å². The van der Waals surface area contributed by atoms with E-state index in [4.69, 9.17) is 0 Å². The standard InChI is InChI=1S/C17H14FNOS/c18-12-5-3-11-8-15(21-14(11)9-12)17(20)13-6-4-10-2-1-7-19-16(10)13/h1-3,5,7-9,13,17,20H,4,6H2. The van der Waals surface area contributed by atoms with Crippen LogP contribution in [0.5, 0.6) is 0 Å². The van der Waals surface area contributed by atoms with Gasteiger partial charge < -0.3 is 5.11 Å². The van der Waals surface area contributed by atoms with Gasteiger partial charge >= 0.3 is 0 Å². The Labute approximate surface area is 125 Å². The van der Waals surface area contributed by atoms with Crippen molar-refractivity contribution in [2.45, 2.75) is 24.9 Å². The largest absolute Gasteiger partial charge is 0.387 e. The van der Waals surface area contributed by atoms with Crippen molar-refractivity contribution in [2.75, 3.05) is 0 Å². The lowest BCUT2D eigenvalue weighted by Crippen LogP contribution is -2.07. The third kappa shape index (κ3) is 2.15. The molecule has 4 rings (SSSR count). The smallest absolute Gasteiger partial charge is 0.124 e. The first kappa shape index (κ1) is 12.9. The van der Waals surface area contributed by atoms with Crippen LogP contribution in [0.1, 0.15) is 34.6 Å². The quantitative estimate of drug-likeness (QED) is 0.769. The molecule has 2 unspecified atom stereocenters. The molecule has 4 heteroatoms. The maximum Gasteiger partial charge on any atom is 0.124 e. The number of pyridine rings is 1. The van der Waals surface area contributed by atoms with Gasteiger partial charge in [-0.3, -0.25) is 4.98 Å². The molecule has 1 aromatic carbocycles. The molecule has 2 atom stereocenters. The summed E-state index contributed by atoms with van der Waals surface area (Å²) in [6.45, 7) is 0. The third-order valence-electron chi connectivity index (χ3n) is 4.18. The first-order valence-electron chi connectivity index (χ1n) is 7.03. The number of aryl methyl sites for hydroxylation is 1. The molecule has 2 nitrogen and oxygen atoms in total. The maximum atomic E-state index is 13.3. The third-order valence-corrected chi connectivity index (χ3v) is 5.34. The van der Waals surface area contributed by atoms with Gasteiger partial charge in [-0.1, -0.05) is 12.1 Å². The summed E-state index contributed by atoms with van der Waals surface area (Å²) in [4.78, 5) is 5.33. The van der Waals surface area contributed by atoms with Crippen LogP contribution >= 0.6 is 11.3 Å². The van der Waals surface area contributed by atoms with E-state index in [1.54, 1.807) is 12.3 Å².